The first-order chi connectivity index (χ1) is 8.25. The zero-order valence-electron chi connectivity index (χ0n) is 9.34. The van der Waals surface area contributed by atoms with Gasteiger partial charge in [-0.15, -0.1) is 0 Å². The largest absolute Gasteiger partial charge is 0.481 e. The lowest BCUT2D eigenvalue weighted by molar-refractivity contribution is -0.136. The highest BCUT2D eigenvalue weighted by molar-refractivity contribution is 5.67. The minimum Gasteiger partial charge on any atom is -0.481 e. The Morgan fingerprint density at radius 2 is 1.88 bits per heavy atom. The Hall–Kier alpha value is -2.16. The molecule has 2 aromatic rings. The van der Waals surface area contributed by atoms with Gasteiger partial charge in [-0.3, -0.25) is 9.78 Å². The summed E-state index contributed by atoms with van der Waals surface area (Å²) < 4.78 is 0. The van der Waals surface area contributed by atoms with Crippen LogP contribution in [0.15, 0.2) is 48.8 Å². The summed E-state index contributed by atoms with van der Waals surface area (Å²) in [7, 11) is 0. The molecule has 3 heteroatoms. The molecule has 0 spiro atoms. The van der Waals surface area contributed by atoms with Gasteiger partial charge in [0, 0.05) is 24.4 Å². The van der Waals surface area contributed by atoms with Crippen LogP contribution in [0.2, 0.25) is 0 Å². The van der Waals surface area contributed by atoms with Crippen molar-refractivity contribution in [3.63, 3.8) is 0 Å². The summed E-state index contributed by atoms with van der Waals surface area (Å²) in [5.74, 6) is -0.782. The standard InChI is InChI=1S/C14H13NO2/c16-14(17)7-6-11-8-13(10-15-9-11)12-4-2-1-3-5-12/h1-5,8-10H,6-7H2,(H,16,17). The molecule has 17 heavy (non-hydrogen) atoms. The molecule has 0 bridgehead atoms. The molecule has 0 fully saturated rings. The van der Waals surface area contributed by atoms with Crippen molar-refractivity contribution in [2.75, 3.05) is 0 Å². The highest BCUT2D eigenvalue weighted by Gasteiger charge is 2.02. The second-order valence-electron chi connectivity index (χ2n) is 3.84. The van der Waals surface area contributed by atoms with E-state index >= 15 is 0 Å². The smallest absolute Gasteiger partial charge is 0.303 e. The second-order valence-corrected chi connectivity index (χ2v) is 3.84. The first kappa shape index (κ1) is 11.3. The number of aliphatic carboxylic acids is 1. The average molecular weight is 227 g/mol. The van der Waals surface area contributed by atoms with Gasteiger partial charge in [0.1, 0.15) is 0 Å². The summed E-state index contributed by atoms with van der Waals surface area (Å²) in [5, 5.41) is 8.64. The van der Waals surface area contributed by atoms with E-state index in [1.165, 1.54) is 0 Å². The van der Waals surface area contributed by atoms with Crippen molar-refractivity contribution in [2.45, 2.75) is 12.8 Å². The van der Waals surface area contributed by atoms with Crippen molar-refractivity contribution >= 4 is 5.97 Å². The van der Waals surface area contributed by atoms with Crippen LogP contribution in [-0.4, -0.2) is 16.1 Å². The first-order valence-electron chi connectivity index (χ1n) is 5.47. The fourth-order valence-corrected chi connectivity index (χ4v) is 1.66. The van der Waals surface area contributed by atoms with Crippen molar-refractivity contribution in [1.82, 2.24) is 4.98 Å². The van der Waals surface area contributed by atoms with Crippen LogP contribution in [0.3, 0.4) is 0 Å². The van der Waals surface area contributed by atoms with E-state index in [2.05, 4.69) is 4.98 Å². The Morgan fingerprint density at radius 1 is 1.12 bits per heavy atom. The number of aromatic nitrogens is 1. The molecule has 1 aromatic heterocycles. The minimum absolute atomic E-state index is 0.139. The van der Waals surface area contributed by atoms with Crippen molar-refractivity contribution < 1.29 is 9.90 Å². The van der Waals surface area contributed by atoms with Crippen molar-refractivity contribution in [2.24, 2.45) is 0 Å². The van der Waals surface area contributed by atoms with Crippen LogP contribution in [0.5, 0.6) is 0 Å². The Morgan fingerprint density at radius 3 is 2.59 bits per heavy atom. The van der Waals surface area contributed by atoms with Crippen LogP contribution in [-0.2, 0) is 11.2 Å². The molecule has 1 heterocycles. The fourth-order valence-electron chi connectivity index (χ4n) is 1.66. The van der Waals surface area contributed by atoms with Crippen molar-refractivity contribution in [3.8, 4) is 11.1 Å². The maximum Gasteiger partial charge on any atom is 0.303 e. The van der Waals surface area contributed by atoms with Crippen molar-refractivity contribution in [1.29, 1.82) is 0 Å². The second kappa shape index (κ2) is 5.25. The molecule has 0 aliphatic carbocycles. The summed E-state index contributed by atoms with van der Waals surface area (Å²) in [6.07, 6.45) is 4.16. The molecule has 0 aliphatic rings. The molecule has 0 aliphatic heterocycles. The minimum atomic E-state index is -0.782. The van der Waals surface area contributed by atoms with Crippen LogP contribution in [0.25, 0.3) is 11.1 Å². The number of hydrogen-bond donors (Lipinski definition) is 1. The maximum atomic E-state index is 10.5. The SMILES string of the molecule is O=C(O)CCc1cncc(-c2ccccc2)c1. The summed E-state index contributed by atoms with van der Waals surface area (Å²) in [6, 6.07) is 11.9. The zero-order valence-corrected chi connectivity index (χ0v) is 9.34. The monoisotopic (exact) mass is 227 g/mol. The third-order valence-corrected chi connectivity index (χ3v) is 2.53. The summed E-state index contributed by atoms with van der Waals surface area (Å²) in [5.41, 5.74) is 3.07. The van der Waals surface area contributed by atoms with Gasteiger partial charge in [-0.2, -0.15) is 0 Å². The number of nitrogens with zero attached hydrogens (tertiary/aromatic N) is 1. The van der Waals surface area contributed by atoms with E-state index in [0.29, 0.717) is 6.42 Å². The maximum absolute atomic E-state index is 10.5. The van der Waals surface area contributed by atoms with Crippen LogP contribution >= 0.6 is 0 Å². The quantitative estimate of drug-likeness (QED) is 0.873. The molecule has 3 nitrogen and oxygen atoms in total. The van der Waals surface area contributed by atoms with E-state index in [1.54, 1.807) is 12.4 Å². The van der Waals surface area contributed by atoms with Crippen molar-refractivity contribution in [3.05, 3.63) is 54.4 Å². The highest BCUT2D eigenvalue weighted by Crippen LogP contribution is 2.19. The van der Waals surface area contributed by atoms with Gasteiger partial charge >= 0.3 is 5.97 Å². The molecule has 0 saturated carbocycles. The number of carboxylic acid groups (broad SMARTS) is 1. The Labute approximate surface area is 99.8 Å². The van der Waals surface area contributed by atoms with E-state index < -0.39 is 5.97 Å². The van der Waals surface area contributed by atoms with Gasteiger partial charge in [-0.05, 0) is 23.6 Å². The van der Waals surface area contributed by atoms with Gasteiger partial charge in [0.15, 0.2) is 0 Å². The molecule has 86 valence electrons. The van der Waals surface area contributed by atoms with Gasteiger partial charge in [-0.1, -0.05) is 30.3 Å². The fraction of sp³-hybridized carbons (Fsp3) is 0.143. The lowest BCUT2D eigenvalue weighted by Crippen LogP contribution is -1.98. The molecule has 1 aromatic carbocycles. The Balaban J connectivity index is 2.20. The highest BCUT2D eigenvalue weighted by atomic mass is 16.4. The zero-order chi connectivity index (χ0) is 12.1. The van der Waals surface area contributed by atoms with E-state index in [9.17, 15) is 4.79 Å². The number of rotatable bonds is 4. The lowest BCUT2D eigenvalue weighted by atomic mass is 10.0. The number of pyridine rings is 1. The van der Waals surface area contributed by atoms with Gasteiger partial charge in [0.25, 0.3) is 0 Å². The van der Waals surface area contributed by atoms with E-state index in [4.69, 9.17) is 5.11 Å². The van der Waals surface area contributed by atoms with Crippen LogP contribution in [0, 0.1) is 0 Å². The van der Waals surface area contributed by atoms with E-state index in [-0.39, 0.29) is 6.42 Å². The Kier molecular flexibility index (Phi) is 3.50. The van der Waals surface area contributed by atoms with E-state index in [1.807, 2.05) is 36.4 Å². The molecule has 0 unspecified atom stereocenters. The van der Waals surface area contributed by atoms with Gasteiger partial charge in [0.05, 0.1) is 0 Å². The number of carboxylic acids is 1. The number of carbonyl (C=O) groups is 1. The average Bonchev–Trinajstić information content (AvgIpc) is 2.38. The Bertz CT molecular complexity index is 509. The topological polar surface area (TPSA) is 50.2 Å². The van der Waals surface area contributed by atoms with Gasteiger partial charge < -0.3 is 5.11 Å². The van der Waals surface area contributed by atoms with Gasteiger partial charge in [-0.25, -0.2) is 0 Å². The summed E-state index contributed by atoms with van der Waals surface area (Å²) in [6.45, 7) is 0. The lowest BCUT2D eigenvalue weighted by Gasteiger charge is -2.03. The molecular formula is C14H13NO2. The molecule has 1 N–H and O–H groups in total. The van der Waals surface area contributed by atoms with E-state index in [0.717, 1.165) is 16.7 Å². The molecule has 0 amide bonds. The molecule has 0 saturated heterocycles. The molecular weight excluding hydrogens is 214 g/mol. The van der Waals surface area contributed by atoms with Crippen LogP contribution in [0.4, 0.5) is 0 Å². The molecule has 2 rings (SSSR count). The third-order valence-electron chi connectivity index (χ3n) is 2.53. The number of benzene rings is 1. The predicted molar refractivity (Wildman–Crippen MR) is 65.6 cm³/mol. The third kappa shape index (κ3) is 3.14. The number of hydrogen-bond acceptors (Lipinski definition) is 2. The first-order valence-corrected chi connectivity index (χ1v) is 5.47. The molecule has 0 atom stereocenters. The van der Waals surface area contributed by atoms with Gasteiger partial charge in [0.2, 0.25) is 0 Å². The van der Waals surface area contributed by atoms with Crippen LogP contribution in [0.1, 0.15) is 12.0 Å². The normalized spacial score (nSPS) is 10.1. The van der Waals surface area contributed by atoms with Crippen LogP contribution < -0.4 is 0 Å². The number of aryl methyl sites for hydroxylation is 1. The predicted octanol–water partition coefficient (Wildman–Crippen LogP) is 2.77. The summed E-state index contributed by atoms with van der Waals surface area (Å²) >= 11 is 0. The summed E-state index contributed by atoms with van der Waals surface area (Å²) in [4.78, 5) is 14.7. The molecule has 0 radical (unpaired) electrons.